The van der Waals surface area contributed by atoms with E-state index in [0.717, 1.165) is 25.1 Å². The SMILES string of the molecule is CC(F)Cc1cccc(C2CC(CN)CN2C)c1. The average molecular weight is 250 g/mol. The van der Waals surface area contributed by atoms with Crippen molar-refractivity contribution in [2.24, 2.45) is 11.7 Å². The number of alkyl halides is 1. The molecule has 0 amide bonds. The molecule has 1 aliphatic rings. The van der Waals surface area contributed by atoms with Gasteiger partial charge in [-0.25, -0.2) is 4.39 Å². The van der Waals surface area contributed by atoms with Crippen molar-refractivity contribution in [3.8, 4) is 0 Å². The number of nitrogens with zero attached hydrogens (tertiary/aromatic N) is 1. The lowest BCUT2D eigenvalue weighted by Gasteiger charge is -2.20. The minimum absolute atomic E-state index is 0.438. The van der Waals surface area contributed by atoms with Crippen LogP contribution in [-0.4, -0.2) is 31.2 Å². The van der Waals surface area contributed by atoms with Crippen LogP contribution in [-0.2, 0) is 6.42 Å². The van der Waals surface area contributed by atoms with Gasteiger partial charge in [0.15, 0.2) is 0 Å². The van der Waals surface area contributed by atoms with Crippen LogP contribution in [0.5, 0.6) is 0 Å². The van der Waals surface area contributed by atoms with Crippen LogP contribution in [0.1, 0.15) is 30.5 Å². The van der Waals surface area contributed by atoms with Crippen LogP contribution >= 0.6 is 0 Å². The van der Waals surface area contributed by atoms with E-state index in [1.807, 2.05) is 12.1 Å². The van der Waals surface area contributed by atoms with Gasteiger partial charge in [0.1, 0.15) is 6.17 Å². The van der Waals surface area contributed by atoms with E-state index in [4.69, 9.17) is 5.73 Å². The zero-order valence-electron chi connectivity index (χ0n) is 11.3. The molecule has 3 unspecified atom stereocenters. The molecular weight excluding hydrogens is 227 g/mol. The molecule has 1 aliphatic heterocycles. The summed E-state index contributed by atoms with van der Waals surface area (Å²) < 4.78 is 13.1. The van der Waals surface area contributed by atoms with Crippen LogP contribution in [0.15, 0.2) is 24.3 Å². The number of halogens is 1. The summed E-state index contributed by atoms with van der Waals surface area (Å²) in [6.45, 7) is 3.42. The summed E-state index contributed by atoms with van der Waals surface area (Å²) in [4.78, 5) is 2.36. The summed E-state index contributed by atoms with van der Waals surface area (Å²) in [7, 11) is 2.14. The number of rotatable bonds is 4. The molecule has 3 heteroatoms. The van der Waals surface area contributed by atoms with Crippen molar-refractivity contribution >= 4 is 0 Å². The maximum absolute atomic E-state index is 13.1. The largest absolute Gasteiger partial charge is 0.330 e. The second-order valence-electron chi connectivity index (χ2n) is 5.52. The summed E-state index contributed by atoms with van der Waals surface area (Å²) in [6, 6.07) is 8.78. The van der Waals surface area contributed by atoms with E-state index in [-0.39, 0.29) is 0 Å². The topological polar surface area (TPSA) is 29.3 Å². The first-order valence-electron chi connectivity index (χ1n) is 6.73. The molecule has 2 nitrogen and oxygen atoms in total. The molecule has 3 atom stereocenters. The van der Waals surface area contributed by atoms with Crippen LogP contribution in [0.4, 0.5) is 4.39 Å². The third-order valence-electron chi connectivity index (χ3n) is 3.82. The van der Waals surface area contributed by atoms with Gasteiger partial charge in [0.25, 0.3) is 0 Å². The van der Waals surface area contributed by atoms with Crippen LogP contribution < -0.4 is 5.73 Å². The maximum Gasteiger partial charge on any atom is 0.101 e. The molecule has 18 heavy (non-hydrogen) atoms. The predicted octanol–water partition coefficient (Wildman–Crippen LogP) is 2.54. The Balaban J connectivity index is 2.13. The zero-order chi connectivity index (χ0) is 13.1. The van der Waals surface area contributed by atoms with Crippen LogP contribution in [0.2, 0.25) is 0 Å². The minimum Gasteiger partial charge on any atom is -0.330 e. The third kappa shape index (κ3) is 3.09. The van der Waals surface area contributed by atoms with Gasteiger partial charge in [0.2, 0.25) is 0 Å². The molecular formula is C15H23FN2. The Morgan fingerprint density at radius 3 is 2.89 bits per heavy atom. The molecule has 0 saturated carbocycles. The van der Waals surface area contributed by atoms with E-state index in [2.05, 4.69) is 24.1 Å². The van der Waals surface area contributed by atoms with E-state index in [0.29, 0.717) is 18.4 Å². The number of likely N-dealkylation sites (tertiary alicyclic amines) is 1. The standard InChI is InChI=1S/C15H23FN2/c1-11(16)6-12-4-3-5-14(7-12)15-8-13(9-17)10-18(15)2/h3-5,7,11,13,15H,6,8-10,17H2,1-2H3. The van der Waals surface area contributed by atoms with E-state index < -0.39 is 6.17 Å². The Morgan fingerprint density at radius 1 is 1.50 bits per heavy atom. The van der Waals surface area contributed by atoms with Crippen molar-refractivity contribution in [2.75, 3.05) is 20.1 Å². The monoisotopic (exact) mass is 250 g/mol. The highest BCUT2D eigenvalue weighted by molar-refractivity contribution is 5.27. The molecule has 2 rings (SSSR count). The molecule has 2 N–H and O–H groups in total. The van der Waals surface area contributed by atoms with Gasteiger partial charge in [0.05, 0.1) is 0 Å². The fourth-order valence-electron chi connectivity index (χ4n) is 2.92. The molecule has 0 aliphatic carbocycles. The molecule has 0 aromatic heterocycles. The summed E-state index contributed by atoms with van der Waals surface area (Å²) in [5.41, 5.74) is 8.14. The number of nitrogens with two attached hydrogens (primary N) is 1. The molecule has 1 fully saturated rings. The van der Waals surface area contributed by atoms with Gasteiger partial charge in [-0.15, -0.1) is 0 Å². The lowest BCUT2D eigenvalue weighted by molar-refractivity contribution is 0.313. The highest BCUT2D eigenvalue weighted by Crippen LogP contribution is 2.33. The van der Waals surface area contributed by atoms with Gasteiger partial charge in [-0.2, -0.15) is 0 Å². The van der Waals surface area contributed by atoms with Gasteiger partial charge in [0, 0.05) is 19.0 Å². The molecule has 1 aromatic carbocycles. The molecule has 100 valence electrons. The number of benzene rings is 1. The fourth-order valence-corrected chi connectivity index (χ4v) is 2.92. The Labute approximate surface area is 109 Å². The van der Waals surface area contributed by atoms with Crippen molar-refractivity contribution in [1.82, 2.24) is 4.90 Å². The second kappa shape index (κ2) is 5.81. The Morgan fingerprint density at radius 2 is 2.28 bits per heavy atom. The van der Waals surface area contributed by atoms with Crippen molar-refractivity contribution in [1.29, 1.82) is 0 Å². The van der Waals surface area contributed by atoms with Crippen LogP contribution in [0.25, 0.3) is 0 Å². The Hall–Kier alpha value is -0.930. The normalized spacial score (nSPS) is 26.4. The number of hydrogen-bond acceptors (Lipinski definition) is 2. The van der Waals surface area contributed by atoms with E-state index in [1.54, 1.807) is 6.92 Å². The highest BCUT2D eigenvalue weighted by atomic mass is 19.1. The van der Waals surface area contributed by atoms with E-state index >= 15 is 0 Å². The minimum atomic E-state index is -0.779. The summed E-state index contributed by atoms with van der Waals surface area (Å²) in [5.74, 6) is 0.587. The van der Waals surface area contributed by atoms with E-state index in [1.165, 1.54) is 5.56 Å². The average Bonchev–Trinajstić information content (AvgIpc) is 2.70. The lowest BCUT2D eigenvalue weighted by atomic mass is 9.97. The first kappa shape index (κ1) is 13.5. The third-order valence-corrected chi connectivity index (χ3v) is 3.82. The molecule has 0 bridgehead atoms. The highest BCUT2D eigenvalue weighted by Gasteiger charge is 2.29. The Bertz CT molecular complexity index is 392. The summed E-state index contributed by atoms with van der Waals surface area (Å²) >= 11 is 0. The Kier molecular flexibility index (Phi) is 4.36. The van der Waals surface area contributed by atoms with Crippen molar-refractivity contribution in [2.45, 2.75) is 32.0 Å². The van der Waals surface area contributed by atoms with Gasteiger partial charge < -0.3 is 5.73 Å². The first-order chi connectivity index (χ1) is 8.60. The summed E-state index contributed by atoms with van der Waals surface area (Å²) in [5, 5.41) is 0. The van der Waals surface area contributed by atoms with Crippen molar-refractivity contribution < 1.29 is 4.39 Å². The van der Waals surface area contributed by atoms with Gasteiger partial charge in [-0.05, 0) is 44.0 Å². The molecule has 0 radical (unpaired) electrons. The molecule has 1 heterocycles. The quantitative estimate of drug-likeness (QED) is 0.890. The van der Waals surface area contributed by atoms with Gasteiger partial charge in [-0.1, -0.05) is 24.3 Å². The first-order valence-corrected chi connectivity index (χ1v) is 6.73. The number of hydrogen-bond donors (Lipinski definition) is 1. The molecule has 1 saturated heterocycles. The van der Waals surface area contributed by atoms with Gasteiger partial charge >= 0.3 is 0 Å². The zero-order valence-corrected chi connectivity index (χ0v) is 11.3. The smallest absolute Gasteiger partial charge is 0.101 e. The van der Waals surface area contributed by atoms with Gasteiger partial charge in [-0.3, -0.25) is 4.90 Å². The molecule has 0 spiro atoms. The van der Waals surface area contributed by atoms with E-state index in [9.17, 15) is 4.39 Å². The van der Waals surface area contributed by atoms with Crippen LogP contribution in [0, 0.1) is 5.92 Å². The maximum atomic E-state index is 13.1. The lowest BCUT2D eigenvalue weighted by Crippen LogP contribution is -2.20. The molecule has 1 aromatic rings. The summed E-state index contributed by atoms with van der Waals surface area (Å²) in [6.07, 6.45) is 0.838. The van der Waals surface area contributed by atoms with Crippen LogP contribution in [0.3, 0.4) is 0 Å². The van der Waals surface area contributed by atoms with Crippen molar-refractivity contribution in [3.63, 3.8) is 0 Å². The predicted molar refractivity (Wildman–Crippen MR) is 73.2 cm³/mol. The van der Waals surface area contributed by atoms with Crippen molar-refractivity contribution in [3.05, 3.63) is 35.4 Å². The second-order valence-corrected chi connectivity index (χ2v) is 5.52. The fraction of sp³-hybridized carbons (Fsp3) is 0.600.